The summed E-state index contributed by atoms with van der Waals surface area (Å²) in [6.07, 6.45) is 0.538. The number of aldehydes is 1. The molecule has 3 N–H and O–H groups in total. The van der Waals surface area contributed by atoms with Gasteiger partial charge in [-0.15, -0.1) is 0 Å². The largest absolute Gasteiger partial charge is 0.383 e. The maximum absolute atomic E-state index is 13.6. The van der Waals surface area contributed by atoms with Crippen molar-refractivity contribution in [1.82, 2.24) is 9.97 Å². The van der Waals surface area contributed by atoms with Crippen molar-refractivity contribution in [2.75, 3.05) is 5.73 Å². The van der Waals surface area contributed by atoms with Crippen LogP contribution < -0.4 is 11.3 Å². The number of nitrogens with two attached hydrogens (primary N) is 1. The summed E-state index contributed by atoms with van der Waals surface area (Å²) in [6, 6.07) is 5.24. The van der Waals surface area contributed by atoms with Crippen LogP contribution in [0.1, 0.15) is 10.4 Å². The molecule has 18 heavy (non-hydrogen) atoms. The predicted octanol–water partition coefficient (Wildman–Crippen LogP) is 1.45. The molecule has 5 nitrogen and oxygen atoms in total. The van der Waals surface area contributed by atoms with E-state index in [1.54, 1.807) is 0 Å². The predicted molar refractivity (Wildman–Crippen MR) is 65.2 cm³/mol. The third-order valence-electron chi connectivity index (χ3n) is 2.06. The number of aromatic nitrogens is 2. The van der Waals surface area contributed by atoms with E-state index in [1.165, 1.54) is 18.2 Å². The summed E-state index contributed by atoms with van der Waals surface area (Å²) in [4.78, 5) is 28.4. The van der Waals surface area contributed by atoms with Gasteiger partial charge in [0.05, 0.1) is 4.90 Å². The van der Waals surface area contributed by atoms with Crippen molar-refractivity contribution in [3.63, 3.8) is 0 Å². The van der Waals surface area contributed by atoms with Gasteiger partial charge in [-0.3, -0.25) is 9.59 Å². The molecule has 0 bridgehead atoms. The van der Waals surface area contributed by atoms with Gasteiger partial charge in [0.15, 0.2) is 11.4 Å². The molecule has 0 amide bonds. The van der Waals surface area contributed by atoms with E-state index in [1.807, 2.05) is 0 Å². The van der Waals surface area contributed by atoms with Crippen LogP contribution in [-0.4, -0.2) is 16.3 Å². The minimum atomic E-state index is -0.560. The summed E-state index contributed by atoms with van der Waals surface area (Å²) in [6.45, 7) is 0. The molecule has 0 radical (unpaired) electrons. The Hall–Kier alpha value is -2.15. The molecule has 92 valence electrons. The van der Waals surface area contributed by atoms with Gasteiger partial charge in [0, 0.05) is 11.6 Å². The number of H-pyrrole nitrogens is 1. The van der Waals surface area contributed by atoms with Crippen molar-refractivity contribution in [2.45, 2.75) is 10.1 Å². The number of halogens is 1. The lowest BCUT2D eigenvalue weighted by atomic mass is 10.2. The van der Waals surface area contributed by atoms with Crippen LogP contribution in [0.5, 0.6) is 0 Å². The van der Waals surface area contributed by atoms with Gasteiger partial charge in [0.2, 0.25) is 0 Å². The van der Waals surface area contributed by atoms with Crippen molar-refractivity contribution in [3.8, 4) is 0 Å². The maximum Gasteiger partial charge on any atom is 0.253 e. The number of nitrogens with zero attached hydrogens (tertiary/aromatic N) is 1. The Balaban J connectivity index is 2.45. The molecular weight excluding hydrogens is 257 g/mol. The van der Waals surface area contributed by atoms with Crippen molar-refractivity contribution in [1.29, 1.82) is 0 Å². The van der Waals surface area contributed by atoms with Gasteiger partial charge in [-0.1, -0.05) is 12.1 Å². The number of nitrogens with one attached hydrogen (secondary N) is 1. The van der Waals surface area contributed by atoms with Gasteiger partial charge >= 0.3 is 0 Å². The fraction of sp³-hybridized carbons (Fsp3) is 0. The molecule has 1 aromatic carbocycles. The standard InChI is InChI=1S/C11H8FN3O2S/c12-7-3-1-2-6(5-16)10(7)18-11-14-8(13)4-9(17)15-11/h1-5H,(H3,13,14,15,17). The molecule has 0 fully saturated rings. The summed E-state index contributed by atoms with van der Waals surface area (Å²) < 4.78 is 13.6. The van der Waals surface area contributed by atoms with Gasteiger partial charge in [-0.2, -0.15) is 0 Å². The first-order chi connectivity index (χ1) is 8.60. The molecule has 0 aliphatic rings. The van der Waals surface area contributed by atoms with Crippen LogP contribution in [0.2, 0.25) is 0 Å². The number of hydrogen-bond acceptors (Lipinski definition) is 5. The normalized spacial score (nSPS) is 10.3. The number of aromatic amines is 1. The Labute approximate surface area is 105 Å². The number of carbonyl (C=O) groups excluding carboxylic acids is 1. The fourth-order valence-electron chi connectivity index (χ4n) is 1.32. The molecule has 0 unspecified atom stereocenters. The lowest BCUT2D eigenvalue weighted by Crippen LogP contribution is -2.09. The molecular formula is C11H8FN3O2S. The summed E-state index contributed by atoms with van der Waals surface area (Å²) in [7, 11) is 0. The number of nitrogen functional groups attached to an aromatic ring is 1. The molecule has 1 aromatic heterocycles. The second-order valence-electron chi connectivity index (χ2n) is 3.35. The monoisotopic (exact) mass is 265 g/mol. The van der Waals surface area contributed by atoms with E-state index in [-0.39, 0.29) is 21.4 Å². The molecule has 0 aliphatic carbocycles. The quantitative estimate of drug-likeness (QED) is 0.647. The minimum absolute atomic E-state index is 0.0326. The van der Waals surface area contributed by atoms with Crippen molar-refractivity contribution in [3.05, 3.63) is 46.0 Å². The van der Waals surface area contributed by atoms with E-state index < -0.39 is 11.4 Å². The van der Waals surface area contributed by atoms with Crippen molar-refractivity contribution in [2.24, 2.45) is 0 Å². The average molecular weight is 265 g/mol. The lowest BCUT2D eigenvalue weighted by Gasteiger charge is -2.05. The molecule has 2 rings (SSSR count). The topological polar surface area (TPSA) is 88.8 Å². The number of benzene rings is 1. The smallest absolute Gasteiger partial charge is 0.253 e. The van der Waals surface area contributed by atoms with Gasteiger partial charge < -0.3 is 10.7 Å². The van der Waals surface area contributed by atoms with E-state index in [0.29, 0.717) is 6.29 Å². The third-order valence-corrected chi connectivity index (χ3v) is 3.08. The Morgan fingerprint density at radius 3 is 2.89 bits per heavy atom. The number of anilines is 1. The van der Waals surface area contributed by atoms with E-state index >= 15 is 0 Å². The second-order valence-corrected chi connectivity index (χ2v) is 4.35. The molecule has 0 saturated carbocycles. The van der Waals surface area contributed by atoms with Crippen LogP contribution in [0.3, 0.4) is 0 Å². The Morgan fingerprint density at radius 1 is 1.44 bits per heavy atom. The molecule has 2 aromatic rings. The fourth-order valence-corrected chi connectivity index (χ4v) is 2.22. The first-order valence-corrected chi connectivity index (χ1v) is 5.70. The molecule has 1 heterocycles. The van der Waals surface area contributed by atoms with E-state index in [4.69, 9.17) is 5.73 Å². The van der Waals surface area contributed by atoms with Crippen LogP contribution in [0.4, 0.5) is 10.2 Å². The lowest BCUT2D eigenvalue weighted by molar-refractivity contribution is 0.112. The molecule has 0 aliphatic heterocycles. The van der Waals surface area contributed by atoms with Gasteiger partial charge in [0.1, 0.15) is 11.6 Å². The first kappa shape index (κ1) is 12.3. The first-order valence-electron chi connectivity index (χ1n) is 4.88. The second kappa shape index (κ2) is 5.01. The summed E-state index contributed by atoms with van der Waals surface area (Å²) in [5.41, 5.74) is 5.16. The van der Waals surface area contributed by atoms with Gasteiger partial charge in [0.25, 0.3) is 5.56 Å². The molecule has 7 heteroatoms. The van der Waals surface area contributed by atoms with Crippen LogP contribution in [-0.2, 0) is 0 Å². The molecule has 0 atom stereocenters. The van der Waals surface area contributed by atoms with Crippen molar-refractivity contribution >= 4 is 23.9 Å². The third kappa shape index (κ3) is 2.57. The zero-order valence-electron chi connectivity index (χ0n) is 9.01. The summed E-state index contributed by atoms with van der Waals surface area (Å²) in [5.74, 6) is -0.528. The van der Waals surface area contributed by atoms with Gasteiger partial charge in [-0.25, -0.2) is 9.37 Å². The van der Waals surface area contributed by atoms with Crippen LogP contribution in [0.15, 0.2) is 39.1 Å². The number of hydrogen-bond donors (Lipinski definition) is 2. The highest BCUT2D eigenvalue weighted by atomic mass is 32.2. The Bertz CT molecular complexity index is 657. The average Bonchev–Trinajstić information content (AvgIpc) is 2.30. The highest BCUT2D eigenvalue weighted by molar-refractivity contribution is 7.99. The number of rotatable bonds is 3. The minimum Gasteiger partial charge on any atom is -0.383 e. The number of carbonyl (C=O) groups is 1. The van der Waals surface area contributed by atoms with Crippen LogP contribution >= 0.6 is 11.8 Å². The van der Waals surface area contributed by atoms with E-state index in [0.717, 1.165) is 17.8 Å². The zero-order chi connectivity index (χ0) is 13.1. The van der Waals surface area contributed by atoms with E-state index in [9.17, 15) is 14.0 Å². The van der Waals surface area contributed by atoms with Crippen LogP contribution in [0.25, 0.3) is 0 Å². The van der Waals surface area contributed by atoms with Crippen LogP contribution in [0, 0.1) is 5.82 Å². The highest BCUT2D eigenvalue weighted by Gasteiger charge is 2.11. The van der Waals surface area contributed by atoms with Crippen molar-refractivity contribution < 1.29 is 9.18 Å². The Kier molecular flexibility index (Phi) is 3.42. The van der Waals surface area contributed by atoms with E-state index in [2.05, 4.69) is 9.97 Å². The Morgan fingerprint density at radius 2 is 2.22 bits per heavy atom. The summed E-state index contributed by atoms with van der Waals surface area (Å²) >= 11 is 0.841. The zero-order valence-corrected chi connectivity index (χ0v) is 9.83. The summed E-state index contributed by atoms with van der Waals surface area (Å²) in [5, 5.41) is 0.133. The SMILES string of the molecule is Nc1cc(=O)[nH]c(Sc2c(F)cccc2C=O)n1. The highest BCUT2D eigenvalue weighted by Crippen LogP contribution is 2.29. The van der Waals surface area contributed by atoms with Gasteiger partial charge in [-0.05, 0) is 17.8 Å². The molecule has 0 saturated heterocycles. The maximum atomic E-state index is 13.6. The molecule has 0 spiro atoms.